The Hall–Kier alpha value is -2.36. The Kier molecular flexibility index (Phi) is 9.31. The zero-order chi connectivity index (χ0) is 16.5. The molecule has 0 aliphatic carbocycles. The summed E-state index contributed by atoms with van der Waals surface area (Å²) in [6.07, 6.45) is 3.38. The summed E-state index contributed by atoms with van der Waals surface area (Å²) in [4.78, 5) is 21.8. The lowest BCUT2D eigenvalue weighted by Crippen LogP contribution is -2.14. The maximum Gasteiger partial charge on any atom is 0.296 e. The number of aliphatic hydroxyl groups excluding tert-OH is 1. The number of primary amides is 1. The molecule has 0 fully saturated rings. The lowest BCUT2D eigenvalue weighted by molar-refractivity contribution is -0.384. The number of carbonyl (C=O) groups excluding carboxylic acids is 1. The predicted octanol–water partition coefficient (Wildman–Crippen LogP) is 0.413. The molecule has 0 aromatic heterocycles. The average molecular weight is 347 g/mol. The zero-order valence-electron chi connectivity index (χ0n) is 12.2. The minimum atomic E-state index is -0.813. The van der Waals surface area contributed by atoms with E-state index < -0.39 is 10.8 Å². The van der Waals surface area contributed by atoms with E-state index in [1.54, 1.807) is 12.2 Å². The van der Waals surface area contributed by atoms with E-state index in [2.05, 4.69) is 5.32 Å². The minimum Gasteiger partial charge on any atom is -0.489 e. The molecule has 0 atom stereocenters. The number of aliphatic hydroxyl groups is 1. The normalized spacial score (nSPS) is 10.2. The summed E-state index contributed by atoms with van der Waals surface area (Å²) < 4.78 is 5.25. The first kappa shape index (κ1) is 20.6. The molecule has 1 rings (SSSR count). The fourth-order valence-electron chi connectivity index (χ4n) is 1.67. The fraction of sp³-hybridized carbons (Fsp3) is 0.308. The predicted molar refractivity (Wildman–Crippen MR) is 88.1 cm³/mol. The molecule has 1 aromatic rings. The Morgan fingerprint density at radius 2 is 2.13 bits per heavy atom. The molecule has 0 heterocycles. The molecule has 1 amide bonds. The van der Waals surface area contributed by atoms with E-state index >= 15 is 0 Å². The van der Waals surface area contributed by atoms with Gasteiger partial charge in [-0.2, -0.15) is 0 Å². The van der Waals surface area contributed by atoms with Crippen LogP contribution in [0.5, 0.6) is 5.75 Å². The third-order valence-electron chi connectivity index (χ3n) is 2.61. The second kappa shape index (κ2) is 10.4. The zero-order valence-corrected chi connectivity index (χ0v) is 13.0. The molecule has 1 aromatic carbocycles. The van der Waals surface area contributed by atoms with Crippen molar-refractivity contribution in [1.29, 1.82) is 0 Å². The number of nitro benzene ring substituents is 1. The summed E-state index contributed by atoms with van der Waals surface area (Å²) in [5.74, 6) is -0.746. The number of nitrogens with two attached hydrogens (primary N) is 2. The maximum atomic E-state index is 11.3. The Morgan fingerprint density at radius 1 is 1.43 bits per heavy atom. The van der Waals surface area contributed by atoms with Gasteiger partial charge in [0.15, 0.2) is 5.69 Å². The number of anilines is 1. The van der Waals surface area contributed by atoms with Crippen LogP contribution in [-0.4, -0.2) is 42.2 Å². The van der Waals surface area contributed by atoms with Crippen molar-refractivity contribution in [2.75, 3.05) is 31.6 Å². The molecule has 0 aliphatic rings. The highest BCUT2D eigenvalue weighted by atomic mass is 35.5. The van der Waals surface area contributed by atoms with Crippen molar-refractivity contribution in [1.82, 2.24) is 0 Å². The first-order valence-electron chi connectivity index (χ1n) is 6.46. The van der Waals surface area contributed by atoms with Crippen LogP contribution in [-0.2, 0) is 0 Å². The van der Waals surface area contributed by atoms with E-state index in [0.29, 0.717) is 6.54 Å². The van der Waals surface area contributed by atoms with Gasteiger partial charge in [-0.25, -0.2) is 0 Å². The second-order valence-corrected chi connectivity index (χ2v) is 4.15. The van der Waals surface area contributed by atoms with Crippen molar-refractivity contribution in [2.24, 2.45) is 11.5 Å². The van der Waals surface area contributed by atoms with Gasteiger partial charge in [0.05, 0.1) is 11.5 Å². The lowest BCUT2D eigenvalue weighted by atomic mass is 10.1. The molecule has 128 valence electrons. The molecule has 0 bridgehead atoms. The topological polar surface area (TPSA) is 154 Å². The number of nitrogens with zero attached hydrogens (tertiary/aromatic N) is 1. The fourth-order valence-corrected chi connectivity index (χ4v) is 1.67. The minimum absolute atomic E-state index is 0. The maximum absolute atomic E-state index is 11.3. The van der Waals surface area contributed by atoms with Crippen LogP contribution in [0.25, 0.3) is 0 Å². The van der Waals surface area contributed by atoms with Crippen molar-refractivity contribution >= 4 is 29.7 Å². The number of nitro groups is 1. The van der Waals surface area contributed by atoms with Crippen LogP contribution in [0.4, 0.5) is 11.4 Å². The monoisotopic (exact) mass is 346 g/mol. The van der Waals surface area contributed by atoms with Crippen molar-refractivity contribution in [3.63, 3.8) is 0 Å². The van der Waals surface area contributed by atoms with Crippen molar-refractivity contribution in [3.8, 4) is 5.75 Å². The number of ether oxygens (including phenoxy) is 1. The van der Waals surface area contributed by atoms with Gasteiger partial charge in [0, 0.05) is 24.7 Å². The summed E-state index contributed by atoms with van der Waals surface area (Å²) in [5, 5.41) is 22.8. The van der Waals surface area contributed by atoms with Crippen LogP contribution >= 0.6 is 12.4 Å². The van der Waals surface area contributed by atoms with Gasteiger partial charge in [0.2, 0.25) is 5.91 Å². The number of benzene rings is 1. The molecule has 0 aliphatic heterocycles. The summed E-state index contributed by atoms with van der Waals surface area (Å²) in [7, 11) is 0. The molecule has 10 heteroatoms. The molecule has 0 saturated carbocycles. The summed E-state index contributed by atoms with van der Waals surface area (Å²) in [5.41, 5.74) is 10.2. The van der Waals surface area contributed by atoms with Gasteiger partial charge in [-0.15, -0.1) is 12.4 Å². The van der Waals surface area contributed by atoms with E-state index in [1.807, 2.05) is 0 Å². The first-order chi connectivity index (χ1) is 10.5. The van der Waals surface area contributed by atoms with Gasteiger partial charge in [0.25, 0.3) is 5.69 Å². The van der Waals surface area contributed by atoms with E-state index in [9.17, 15) is 14.9 Å². The van der Waals surface area contributed by atoms with Crippen LogP contribution in [0, 0.1) is 10.1 Å². The number of hydrogen-bond acceptors (Lipinski definition) is 7. The number of halogens is 1. The third kappa shape index (κ3) is 6.10. The van der Waals surface area contributed by atoms with E-state index in [4.69, 9.17) is 21.3 Å². The van der Waals surface area contributed by atoms with E-state index in [1.165, 1.54) is 6.07 Å². The Balaban J connectivity index is 0.00000484. The molecule has 23 heavy (non-hydrogen) atoms. The highest BCUT2D eigenvalue weighted by Crippen LogP contribution is 2.36. The van der Waals surface area contributed by atoms with Crippen molar-refractivity contribution < 1.29 is 19.6 Å². The van der Waals surface area contributed by atoms with Crippen LogP contribution in [0.15, 0.2) is 24.3 Å². The van der Waals surface area contributed by atoms with E-state index in [0.717, 1.165) is 6.07 Å². The Bertz CT molecular complexity index is 580. The van der Waals surface area contributed by atoms with E-state index in [-0.39, 0.29) is 54.9 Å². The molecule has 9 nitrogen and oxygen atoms in total. The SMILES string of the molecule is Cl.NC/C=C/CNc1c(OCCO)cc(C(N)=O)cc1[N+](=O)[O-]. The lowest BCUT2D eigenvalue weighted by Gasteiger charge is -2.13. The molecule has 0 saturated heterocycles. The first-order valence-corrected chi connectivity index (χ1v) is 6.46. The third-order valence-corrected chi connectivity index (χ3v) is 2.61. The summed E-state index contributed by atoms with van der Waals surface area (Å²) >= 11 is 0. The quantitative estimate of drug-likeness (QED) is 0.287. The highest BCUT2D eigenvalue weighted by molar-refractivity contribution is 5.95. The van der Waals surface area contributed by atoms with Crippen LogP contribution in [0.3, 0.4) is 0 Å². The van der Waals surface area contributed by atoms with Gasteiger partial charge in [-0.3, -0.25) is 14.9 Å². The molecule has 0 spiro atoms. The second-order valence-electron chi connectivity index (χ2n) is 4.15. The smallest absolute Gasteiger partial charge is 0.296 e. The Morgan fingerprint density at radius 3 is 2.65 bits per heavy atom. The molecule has 6 N–H and O–H groups in total. The standard InChI is InChI=1S/C13H18N4O5.ClH/c14-3-1-2-4-16-12-10(17(20)21)7-9(13(15)19)8-11(12)22-6-5-18;/h1-2,7-8,16,18H,3-6,14H2,(H2,15,19);1H/b2-1+;. The summed E-state index contributed by atoms with van der Waals surface area (Å²) in [6.45, 7) is 0.273. The van der Waals surface area contributed by atoms with Crippen molar-refractivity contribution in [3.05, 3.63) is 40.0 Å². The van der Waals surface area contributed by atoms with Gasteiger partial charge in [-0.05, 0) is 6.07 Å². The van der Waals surface area contributed by atoms with Gasteiger partial charge >= 0.3 is 0 Å². The van der Waals surface area contributed by atoms with Gasteiger partial charge in [-0.1, -0.05) is 12.2 Å². The Labute approximate surface area is 138 Å². The number of hydrogen-bond donors (Lipinski definition) is 4. The van der Waals surface area contributed by atoms with Gasteiger partial charge in [0.1, 0.15) is 12.4 Å². The van der Waals surface area contributed by atoms with Crippen LogP contribution in [0.1, 0.15) is 10.4 Å². The van der Waals surface area contributed by atoms with Crippen molar-refractivity contribution in [2.45, 2.75) is 0 Å². The number of carbonyl (C=O) groups is 1. The molecule has 0 radical (unpaired) electrons. The number of amides is 1. The average Bonchev–Trinajstić information content (AvgIpc) is 2.49. The molecular weight excluding hydrogens is 328 g/mol. The molecular formula is C13H19ClN4O5. The van der Waals surface area contributed by atoms with Gasteiger partial charge < -0.3 is 26.6 Å². The van der Waals surface area contributed by atoms with Crippen LogP contribution in [0.2, 0.25) is 0 Å². The number of nitrogens with one attached hydrogen (secondary N) is 1. The number of rotatable bonds is 9. The molecule has 0 unspecified atom stereocenters. The summed E-state index contributed by atoms with van der Waals surface area (Å²) in [6, 6.07) is 2.36. The largest absolute Gasteiger partial charge is 0.489 e. The van der Waals surface area contributed by atoms with Crippen LogP contribution < -0.4 is 21.5 Å². The highest BCUT2D eigenvalue weighted by Gasteiger charge is 2.22.